The highest BCUT2D eigenvalue weighted by atomic mass is 32.2. The Kier molecular flexibility index (Phi) is 6.51. The van der Waals surface area contributed by atoms with Gasteiger partial charge < -0.3 is 10.2 Å². The first kappa shape index (κ1) is 23.8. The number of hydrogen-bond donors (Lipinski definition) is 2. The van der Waals surface area contributed by atoms with Gasteiger partial charge in [0, 0.05) is 42.9 Å². The van der Waals surface area contributed by atoms with Crippen LogP contribution in [0.5, 0.6) is 0 Å². The fourth-order valence-corrected chi connectivity index (χ4v) is 6.12. The molecule has 0 saturated heterocycles. The Hall–Kier alpha value is -2.97. The molecule has 0 atom stereocenters. The van der Waals surface area contributed by atoms with Crippen LogP contribution in [0.15, 0.2) is 58.6 Å². The summed E-state index contributed by atoms with van der Waals surface area (Å²) in [6.07, 6.45) is 10.3. The van der Waals surface area contributed by atoms with Gasteiger partial charge in [0.15, 0.2) is 0 Å². The lowest BCUT2D eigenvalue weighted by Crippen LogP contribution is -2.45. The minimum absolute atomic E-state index is 0.0532. The quantitative estimate of drug-likeness (QED) is 0.652. The van der Waals surface area contributed by atoms with E-state index in [2.05, 4.69) is 29.1 Å². The highest BCUT2D eigenvalue weighted by molar-refractivity contribution is 7.89. The number of carbonyl (C=O) groups is 1. The number of carbonyl (C=O) groups excluding carboxylic acids is 1. The monoisotopic (exact) mass is 492 g/mol. The average Bonchev–Trinajstić information content (AvgIpc) is 3.50. The largest absolute Gasteiger partial charge is 0.335 e. The summed E-state index contributed by atoms with van der Waals surface area (Å²) in [7, 11) is -2.06. The van der Waals surface area contributed by atoms with Crippen LogP contribution in [0.25, 0.3) is 16.7 Å². The number of allylic oxidation sites excluding steroid dienone is 2. The van der Waals surface area contributed by atoms with Gasteiger partial charge in [0.1, 0.15) is 0 Å². The molecule has 0 spiro atoms. The van der Waals surface area contributed by atoms with Crippen LogP contribution in [0.2, 0.25) is 0 Å². The third kappa shape index (κ3) is 4.77. The lowest BCUT2D eigenvalue weighted by atomic mass is 9.92. The van der Waals surface area contributed by atoms with Gasteiger partial charge >= 0.3 is 6.03 Å². The molecule has 5 rings (SSSR count). The number of fused-ring (bicyclic) bond motifs is 1. The van der Waals surface area contributed by atoms with Crippen LogP contribution in [0.4, 0.5) is 4.79 Å². The van der Waals surface area contributed by atoms with E-state index in [0.717, 1.165) is 48.1 Å². The van der Waals surface area contributed by atoms with Crippen molar-refractivity contribution in [3.63, 3.8) is 0 Å². The van der Waals surface area contributed by atoms with Gasteiger partial charge in [-0.1, -0.05) is 36.6 Å². The van der Waals surface area contributed by atoms with Crippen molar-refractivity contribution in [3.8, 4) is 11.1 Å². The zero-order chi connectivity index (χ0) is 24.6. The minimum Gasteiger partial charge on any atom is -0.335 e. The minimum atomic E-state index is -3.47. The Bertz CT molecular complexity index is 1310. The maximum Gasteiger partial charge on any atom is 0.317 e. The number of nitrogens with one attached hydrogen (secondary N) is 2. The number of sulfonamides is 1. The first-order chi connectivity index (χ1) is 16.9. The molecule has 2 aliphatic carbocycles. The second-order valence-corrected chi connectivity index (χ2v) is 11.5. The summed E-state index contributed by atoms with van der Waals surface area (Å²) < 4.78 is 26.4. The van der Waals surface area contributed by atoms with Crippen molar-refractivity contribution in [1.29, 1.82) is 0 Å². The van der Waals surface area contributed by atoms with Crippen LogP contribution < -0.4 is 10.0 Å². The summed E-state index contributed by atoms with van der Waals surface area (Å²) in [6.45, 7) is 3.49. The van der Waals surface area contributed by atoms with Gasteiger partial charge in [-0.3, -0.25) is 4.98 Å². The molecule has 2 aromatic rings. The number of urea groups is 1. The second-order valence-electron chi connectivity index (χ2n) is 9.64. The number of benzene rings is 1. The van der Waals surface area contributed by atoms with Gasteiger partial charge in [0.05, 0.1) is 10.6 Å². The molecule has 0 unspecified atom stereocenters. The zero-order valence-electron chi connectivity index (χ0n) is 20.3. The topological polar surface area (TPSA) is 91.4 Å². The van der Waals surface area contributed by atoms with E-state index >= 15 is 0 Å². The summed E-state index contributed by atoms with van der Waals surface area (Å²) in [5.74, 6) is 0. The Balaban J connectivity index is 1.35. The molecule has 1 aromatic carbocycles. The van der Waals surface area contributed by atoms with Gasteiger partial charge in [-0.15, -0.1) is 0 Å². The number of pyridine rings is 1. The summed E-state index contributed by atoms with van der Waals surface area (Å²) in [6, 6.07) is 9.42. The molecule has 0 bridgehead atoms. The molecule has 2 amide bonds. The number of aromatic nitrogens is 1. The predicted molar refractivity (Wildman–Crippen MR) is 137 cm³/mol. The highest BCUT2D eigenvalue weighted by Crippen LogP contribution is 2.40. The van der Waals surface area contributed by atoms with Crippen LogP contribution in [0.3, 0.4) is 0 Å². The molecule has 1 aromatic heterocycles. The maximum absolute atomic E-state index is 12.7. The molecule has 8 heteroatoms. The number of rotatable bonds is 5. The van der Waals surface area contributed by atoms with Crippen molar-refractivity contribution in [2.75, 3.05) is 20.1 Å². The lowest BCUT2D eigenvalue weighted by molar-refractivity contribution is 0.198. The molecule has 3 aliphatic rings. The van der Waals surface area contributed by atoms with Crippen molar-refractivity contribution in [1.82, 2.24) is 19.9 Å². The van der Waals surface area contributed by atoms with Gasteiger partial charge in [-0.2, -0.15) is 0 Å². The number of amides is 2. The zero-order valence-corrected chi connectivity index (χ0v) is 21.1. The first-order valence-corrected chi connectivity index (χ1v) is 13.8. The standard InChI is InChI=1S/C27H32N4O3S/c1-18-15-25-24(16-21(17-29-25)19-7-9-23(10-8-19)35(33,34)28-2)26(18)20-11-13-31(14-12-20)27(32)30-22-5-3-4-6-22/h7-11,16-17,22,28H,3-6,12-15H2,1-2H3,(H,30,32). The third-order valence-corrected chi connectivity index (χ3v) is 8.80. The normalized spacial score (nSPS) is 18.6. The molecule has 35 heavy (non-hydrogen) atoms. The van der Waals surface area contributed by atoms with E-state index in [1.165, 1.54) is 36.6 Å². The molecule has 1 fully saturated rings. The van der Waals surface area contributed by atoms with Crippen molar-refractivity contribution in [3.05, 3.63) is 65.0 Å². The molecular weight excluding hydrogens is 460 g/mol. The predicted octanol–water partition coefficient (Wildman–Crippen LogP) is 4.27. The van der Waals surface area contributed by atoms with E-state index in [1.807, 2.05) is 23.2 Å². The first-order valence-electron chi connectivity index (χ1n) is 12.3. The van der Waals surface area contributed by atoms with Crippen molar-refractivity contribution < 1.29 is 13.2 Å². The average molecular weight is 493 g/mol. The van der Waals surface area contributed by atoms with E-state index in [-0.39, 0.29) is 10.9 Å². The number of hydrogen-bond acceptors (Lipinski definition) is 4. The SMILES string of the molecule is CNS(=O)(=O)c1ccc(-c2cnc3c(c2)C(C2=CCN(C(=O)NC4CCCC4)CC2)=C(C)C3)cc1. The second kappa shape index (κ2) is 9.59. The third-order valence-electron chi connectivity index (χ3n) is 7.37. The fraction of sp³-hybridized carbons (Fsp3) is 0.407. The Morgan fingerprint density at radius 2 is 1.86 bits per heavy atom. The highest BCUT2D eigenvalue weighted by Gasteiger charge is 2.27. The van der Waals surface area contributed by atoms with Crippen molar-refractivity contribution in [2.45, 2.75) is 56.4 Å². The molecule has 7 nitrogen and oxygen atoms in total. The summed E-state index contributed by atoms with van der Waals surface area (Å²) in [5.41, 5.74) is 7.92. The van der Waals surface area contributed by atoms with Crippen LogP contribution in [0.1, 0.15) is 50.3 Å². The van der Waals surface area contributed by atoms with Gasteiger partial charge in [0.25, 0.3) is 0 Å². The summed E-state index contributed by atoms with van der Waals surface area (Å²) in [5, 5.41) is 3.19. The number of nitrogens with zero attached hydrogens (tertiary/aromatic N) is 2. The molecule has 1 aliphatic heterocycles. The van der Waals surface area contributed by atoms with E-state index < -0.39 is 10.0 Å². The van der Waals surface area contributed by atoms with Gasteiger partial charge in [0.2, 0.25) is 10.0 Å². The van der Waals surface area contributed by atoms with E-state index in [0.29, 0.717) is 19.1 Å². The Morgan fingerprint density at radius 3 is 2.51 bits per heavy atom. The smallest absolute Gasteiger partial charge is 0.317 e. The van der Waals surface area contributed by atoms with Crippen LogP contribution in [-0.2, 0) is 16.4 Å². The van der Waals surface area contributed by atoms with Crippen LogP contribution in [0, 0.1) is 0 Å². The van der Waals surface area contributed by atoms with Crippen LogP contribution >= 0.6 is 0 Å². The summed E-state index contributed by atoms with van der Waals surface area (Å²) >= 11 is 0. The molecule has 1 saturated carbocycles. The Morgan fingerprint density at radius 1 is 1.11 bits per heavy atom. The lowest BCUT2D eigenvalue weighted by Gasteiger charge is -2.29. The van der Waals surface area contributed by atoms with Crippen molar-refractivity contribution in [2.24, 2.45) is 0 Å². The molecule has 0 radical (unpaired) electrons. The van der Waals surface area contributed by atoms with Crippen LogP contribution in [-0.4, -0.2) is 50.5 Å². The van der Waals surface area contributed by atoms with E-state index in [4.69, 9.17) is 4.98 Å². The maximum atomic E-state index is 12.7. The summed E-state index contributed by atoms with van der Waals surface area (Å²) in [4.78, 5) is 19.6. The Labute approximate surface area is 207 Å². The fourth-order valence-electron chi connectivity index (χ4n) is 5.39. The van der Waals surface area contributed by atoms with Gasteiger partial charge in [-0.25, -0.2) is 17.9 Å². The molecule has 2 N–H and O–H groups in total. The molecular formula is C27H32N4O3S. The van der Waals surface area contributed by atoms with E-state index in [1.54, 1.807) is 12.1 Å². The van der Waals surface area contributed by atoms with Gasteiger partial charge in [-0.05, 0) is 68.1 Å². The van der Waals surface area contributed by atoms with E-state index in [9.17, 15) is 13.2 Å². The van der Waals surface area contributed by atoms with Crippen molar-refractivity contribution >= 4 is 21.6 Å². The molecule has 184 valence electrons. The molecule has 2 heterocycles.